The topological polar surface area (TPSA) is 52.4 Å². The van der Waals surface area contributed by atoms with Crippen LogP contribution in [-0.4, -0.2) is 4.92 Å². The van der Waals surface area contributed by atoms with Crippen LogP contribution in [-0.2, 0) is 0 Å². The van der Waals surface area contributed by atoms with Gasteiger partial charge in [-0.05, 0) is 34.1 Å². The van der Waals surface area contributed by atoms with Crippen molar-refractivity contribution in [3.05, 3.63) is 62.9 Å². The zero-order chi connectivity index (χ0) is 13.1. The standard InChI is InChI=1S/C12H7BrFNO3/c13-9-7-8(5-6-11(9)15(16)17)18-12-4-2-1-3-10(12)14/h1-7H. The molecule has 18 heavy (non-hydrogen) atoms. The van der Waals surface area contributed by atoms with E-state index in [1.54, 1.807) is 12.1 Å². The van der Waals surface area contributed by atoms with Gasteiger partial charge in [0.05, 0.1) is 9.40 Å². The van der Waals surface area contributed by atoms with E-state index in [-0.39, 0.29) is 15.9 Å². The summed E-state index contributed by atoms with van der Waals surface area (Å²) in [5, 5.41) is 10.6. The van der Waals surface area contributed by atoms with Crippen LogP contribution < -0.4 is 4.74 Å². The number of nitrogens with zero attached hydrogens (tertiary/aromatic N) is 1. The predicted molar refractivity (Wildman–Crippen MR) is 67.3 cm³/mol. The molecule has 6 heteroatoms. The fourth-order valence-corrected chi connectivity index (χ4v) is 1.86. The van der Waals surface area contributed by atoms with Gasteiger partial charge in [-0.1, -0.05) is 12.1 Å². The molecule has 0 aliphatic heterocycles. The van der Waals surface area contributed by atoms with Gasteiger partial charge in [0.2, 0.25) is 0 Å². The molecule has 0 radical (unpaired) electrons. The van der Waals surface area contributed by atoms with Crippen LogP contribution in [0.2, 0.25) is 0 Å². The van der Waals surface area contributed by atoms with Crippen molar-refractivity contribution in [3.63, 3.8) is 0 Å². The molecule has 2 aromatic carbocycles. The number of para-hydroxylation sites is 1. The molecule has 4 nitrogen and oxygen atoms in total. The minimum absolute atomic E-state index is 0.0678. The maximum absolute atomic E-state index is 13.3. The molecule has 0 heterocycles. The van der Waals surface area contributed by atoms with Crippen LogP contribution >= 0.6 is 15.9 Å². The molecule has 0 atom stereocenters. The SMILES string of the molecule is O=[N+]([O-])c1ccc(Oc2ccccc2F)cc1Br. The van der Waals surface area contributed by atoms with Gasteiger partial charge >= 0.3 is 0 Å². The lowest BCUT2D eigenvalue weighted by Gasteiger charge is -2.06. The summed E-state index contributed by atoms with van der Waals surface area (Å²) in [5.74, 6) is -0.109. The molecule has 0 unspecified atom stereocenters. The van der Waals surface area contributed by atoms with Gasteiger partial charge in [0.1, 0.15) is 5.75 Å². The van der Waals surface area contributed by atoms with Crippen molar-refractivity contribution in [2.45, 2.75) is 0 Å². The Balaban J connectivity index is 2.29. The zero-order valence-corrected chi connectivity index (χ0v) is 10.6. The van der Waals surface area contributed by atoms with Crippen LogP contribution in [0.15, 0.2) is 46.9 Å². The Bertz CT molecular complexity index is 604. The van der Waals surface area contributed by atoms with E-state index in [1.165, 1.54) is 30.3 Å². The highest BCUT2D eigenvalue weighted by atomic mass is 79.9. The van der Waals surface area contributed by atoms with Gasteiger partial charge < -0.3 is 4.74 Å². The van der Waals surface area contributed by atoms with Crippen LogP contribution in [0.1, 0.15) is 0 Å². The van der Waals surface area contributed by atoms with Crippen LogP contribution in [0.5, 0.6) is 11.5 Å². The van der Waals surface area contributed by atoms with Gasteiger partial charge in [-0.2, -0.15) is 0 Å². The highest BCUT2D eigenvalue weighted by Crippen LogP contribution is 2.31. The Morgan fingerprint density at radius 1 is 1.22 bits per heavy atom. The first-order chi connectivity index (χ1) is 8.58. The predicted octanol–water partition coefficient (Wildman–Crippen LogP) is 4.29. The fraction of sp³-hybridized carbons (Fsp3) is 0. The van der Waals surface area contributed by atoms with Gasteiger partial charge in [-0.3, -0.25) is 10.1 Å². The Morgan fingerprint density at radius 2 is 1.94 bits per heavy atom. The third-order valence-corrected chi connectivity index (χ3v) is 2.82. The molecule has 0 saturated heterocycles. The van der Waals surface area contributed by atoms with Crippen LogP contribution in [0, 0.1) is 15.9 Å². The average Bonchev–Trinajstić information content (AvgIpc) is 2.32. The molecule has 0 bridgehead atoms. The zero-order valence-electron chi connectivity index (χ0n) is 8.97. The monoisotopic (exact) mass is 311 g/mol. The summed E-state index contributed by atoms with van der Waals surface area (Å²) < 4.78 is 18.9. The summed E-state index contributed by atoms with van der Waals surface area (Å²) in [7, 11) is 0. The summed E-state index contributed by atoms with van der Waals surface area (Å²) in [6, 6.07) is 10.1. The quantitative estimate of drug-likeness (QED) is 0.627. The highest BCUT2D eigenvalue weighted by Gasteiger charge is 2.13. The normalized spacial score (nSPS) is 10.1. The van der Waals surface area contributed by atoms with E-state index in [1.807, 2.05) is 0 Å². The second-order valence-electron chi connectivity index (χ2n) is 3.40. The molecule has 0 N–H and O–H groups in total. The number of ether oxygens (including phenoxy) is 1. The molecular formula is C12H7BrFNO3. The Morgan fingerprint density at radius 3 is 2.56 bits per heavy atom. The first-order valence-electron chi connectivity index (χ1n) is 4.94. The van der Waals surface area contributed by atoms with Gasteiger partial charge in [0.25, 0.3) is 5.69 Å². The first kappa shape index (κ1) is 12.5. The van der Waals surface area contributed by atoms with Crippen LogP contribution in [0.3, 0.4) is 0 Å². The molecule has 2 aromatic rings. The number of nitro benzene ring substituents is 1. The minimum atomic E-state index is -0.517. The highest BCUT2D eigenvalue weighted by molar-refractivity contribution is 9.10. The minimum Gasteiger partial charge on any atom is -0.454 e. The van der Waals surface area contributed by atoms with E-state index < -0.39 is 10.7 Å². The molecule has 0 fully saturated rings. The van der Waals surface area contributed by atoms with Crippen molar-refractivity contribution in [2.24, 2.45) is 0 Å². The lowest BCUT2D eigenvalue weighted by Crippen LogP contribution is -1.91. The smallest absolute Gasteiger partial charge is 0.283 e. The molecule has 0 aromatic heterocycles. The second kappa shape index (κ2) is 5.14. The second-order valence-corrected chi connectivity index (χ2v) is 4.26. The Hall–Kier alpha value is -1.95. The summed E-state index contributed by atoms with van der Waals surface area (Å²) in [6.07, 6.45) is 0. The van der Waals surface area contributed by atoms with Gasteiger partial charge in [-0.25, -0.2) is 4.39 Å². The molecule has 0 saturated carbocycles. The number of benzene rings is 2. The molecule has 2 rings (SSSR count). The van der Waals surface area contributed by atoms with E-state index in [4.69, 9.17) is 4.74 Å². The number of rotatable bonds is 3. The molecule has 0 amide bonds. The molecular weight excluding hydrogens is 305 g/mol. The number of hydrogen-bond donors (Lipinski definition) is 0. The van der Waals surface area contributed by atoms with E-state index in [0.717, 1.165) is 0 Å². The molecule has 0 spiro atoms. The van der Waals surface area contributed by atoms with Gasteiger partial charge in [0, 0.05) is 12.1 Å². The van der Waals surface area contributed by atoms with E-state index in [0.29, 0.717) is 5.75 Å². The molecule has 0 aliphatic carbocycles. The Kier molecular flexibility index (Phi) is 3.57. The third-order valence-electron chi connectivity index (χ3n) is 2.18. The maximum atomic E-state index is 13.3. The lowest BCUT2D eigenvalue weighted by molar-refractivity contribution is -0.385. The number of hydrogen-bond acceptors (Lipinski definition) is 3. The van der Waals surface area contributed by atoms with Crippen molar-refractivity contribution in [1.82, 2.24) is 0 Å². The summed E-state index contributed by atoms with van der Waals surface area (Å²) in [4.78, 5) is 10.1. The van der Waals surface area contributed by atoms with Gasteiger partial charge in [0.15, 0.2) is 11.6 Å². The summed E-state index contributed by atoms with van der Waals surface area (Å²) in [5.41, 5.74) is -0.0733. The number of halogens is 2. The largest absolute Gasteiger partial charge is 0.454 e. The maximum Gasteiger partial charge on any atom is 0.283 e. The van der Waals surface area contributed by atoms with E-state index in [9.17, 15) is 14.5 Å². The first-order valence-corrected chi connectivity index (χ1v) is 5.73. The van der Waals surface area contributed by atoms with E-state index in [2.05, 4.69) is 15.9 Å². The summed E-state index contributed by atoms with van der Waals surface area (Å²) >= 11 is 3.06. The third kappa shape index (κ3) is 2.65. The van der Waals surface area contributed by atoms with E-state index >= 15 is 0 Å². The summed E-state index contributed by atoms with van der Waals surface area (Å²) in [6.45, 7) is 0. The van der Waals surface area contributed by atoms with Crippen LogP contribution in [0.4, 0.5) is 10.1 Å². The van der Waals surface area contributed by atoms with Crippen molar-refractivity contribution in [3.8, 4) is 11.5 Å². The average molecular weight is 312 g/mol. The fourth-order valence-electron chi connectivity index (χ4n) is 1.35. The van der Waals surface area contributed by atoms with Crippen LogP contribution in [0.25, 0.3) is 0 Å². The van der Waals surface area contributed by atoms with Crippen molar-refractivity contribution < 1.29 is 14.1 Å². The molecule has 0 aliphatic rings. The Labute approximate surface area is 110 Å². The molecule has 92 valence electrons. The van der Waals surface area contributed by atoms with Gasteiger partial charge in [-0.15, -0.1) is 0 Å². The van der Waals surface area contributed by atoms with Crippen molar-refractivity contribution in [2.75, 3.05) is 0 Å². The lowest BCUT2D eigenvalue weighted by atomic mass is 10.3. The van der Waals surface area contributed by atoms with Crippen molar-refractivity contribution >= 4 is 21.6 Å². The number of nitro groups is 1. The van der Waals surface area contributed by atoms with Crippen molar-refractivity contribution in [1.29, 1.82) is 0 Å².